The van der Waals surface area contributed by atoms with Crippen molar-refractivity contribution in [3.63, 3.8) is 0 Å². The van der Waals surface area contributed by atoms with Crippen LogP contribution in [0.2, 0.25) is 24.2 Å². The minimum Gasteiger partial charge on any atom is -0.285 e. The van der Waals surface area contributed by atoms with Crippen molar-refractivity contribution in [2.45, 2.75) is 62.7 Å². The van der Waals surface area contributed by atoms with Gasteiger partial charge in [0.15, 0.2) is 0 Å². The van der Waals surface area contributed by atoms with Crippen molar-refractivity contribution < 1.29 is 19.2 Å². The Kier molecular flexibility index (Phi) is 4.37. The number of amides is 4. The second-order valence-electron chi connectivity index (χ2n) is 9.74. The van der Waals surface area contributed by atoms with Crippen molar-refractivity contribution >= 4 is 31.7 Å². The van der Waals surface area contributed by atoms with Crippen LogP contribution < -0.4 is 0 Å². The van der Waals surface area contributed by atoms with Gasteiger partial charge in [-0.05, 0) is 36.8 Å². The zero-order valence-corrected chi connectivity index (χ0v) is 17.7. The topological polar surface area (TPSA) is 74.8 Å². The molecule has 2 aliphatic carbocycles. The van der Waals surface area contributed by atoms with Gasteiger partial charge in [0, 0.05) is 14.1 Å². The summed E-state index contributed by atoms with van der Waals surface area (Å²) in [5, 5.41) is 0. The first-order chi connectivity index (χ1) is 12.6. The lowest BCUT2D eigenvalue weighted by Crippen LogP contribution is -2.45. The van der Waals surface area contributed by atoms with Crippen LogP contribution in [0.4, 0.5) is 0 Å². The van der Waals surface area contributed by atoms with Gasteiger partial charge >= 0.3 is 0 Å². The Morgan fingerprint density at radius 3 is 1.33 bits per heavy atom. The van der Waals surface area contributed by atoms with E-state index in [4.69, 9.17) is 0 Å². The van der Waals surface area contributed by atoms with E-state index < -0.39 is 8.07 Å². The molecular formula is C20H30N2O4Si. The van der Waals surface area contributed by atoms with E-state index in [0.717, 1.165) is 38.5 Å². The van der Waals surface area contributed by atoms with Crippen molar-refractivity contribution in [2.24, 2.45) is 23.7 Å². The first kappa shape index (κ1) is 18.8. The first-order valence-electron chi connectivity index (χ1n) is 10.3. The highest BCUT2D eigenvalue weighted by Gasteiger charge is 2.55. The van der Waals surface area contributed by atoms with Crippen LogP contribution in [-0.4, -0.2) is 55.6 Å². The molecule has 148 valence electrons. The summed E-state index contributed by atoms with van der Waals surface area (Å²) in [6, 6.07) is 0. The molecule has 2 saturated heterocycles. The molecule has 0 radical (unpaired) electrons. The van der Waals surface area contributed by atoms with Gasteiger partial charge in [0.2, 0.25) is 23.6 Å². The van der Waals surface area contributed by atoms with E-state index in [2.05, 4.69) is 13.1 Å². The Bertz CT molecular complexity index is 663. The van der Waals surface area contributed by atoms with Crippen LogP contribution in [0.5, 0.6) is 0 Å². The predicted molar refractivity (Wildman–Crippen MR) is 102 cm³/mol. The molecule has 27 heavy (non-hydrogen) atoms. The zero-order valence-electron chi connectivity index (χ0n) is 16.7. The minimum atomic E-state index is -1.73. The SMILES string of the molecule is CN1C(=O)C2CCC([Si](C)(C)C3CCC4C(=O)N(C)C(=O)C4C3)CC2C1=O. The van der Waals surface area contributed by atoms with Gasteiger partial charge in [0.05, 0.1) is 31.7 Å². The van der Waals surface area contributed by atoms with Crippen LogP contribution in [0.15, 0.2) is 0 Å². The maximum absolute atomic E-state index is 12.5. The van der Waals surface area contributed by atoms with E-state index >= 15 is 0 Å². The number of nitrogens with zero attached hydrogens (tertiary/aromatic N) is 2. The van der Waals surface area contributed by atoms with Crippen LogP contribution in [0.1, 0.15) is 38.5 Å². The Morgan fingerprint density at radius 1 is 0.630 bits per heavy atom. The summed E-state index contributed by atoms with van der Waals surface area (Å²) in [6.45, 7) is 4.80. The number of carbonyl (C=O) groups is 4. The van der Waals surface area contributed by atoms with Crippen LogP contribution in [0, 0.1) is 23.7 Å². The molecule has 6 unspecified atom stereocenters. The Labute approximate surface area is 161 Å². The molecule has 0 aromatic heterocycles. The fourth-order valence-electron chi connectivity index (χ4n) is 6.38. The highest BCUT2D eigenvalue weighted by Crippen LogP contribution is 2.54. The van der Waals surface area contributed by atoms with E-state index in [1.165, 1.54) is 9.80 Å². The number of hydrogen-bond donors (Lipinski definition) is 0. The maximum atomic E-state index is 12.5. The summed E-state index contributed by atoms with van der Waals surface area (Å²) in [6.07, 6.45) is 5.33. The van der Waals surface area contributed by atoms with Crippen LogP contribution in [0.3, 0.4) is 0 Å². The molecule has 0 aromatic rings. The van der Waals surface area contributed by atoms with Crippen molar-refractivity contribution in [1.82, 2.24) is 9.80 Å². The molecule has 0 aromatic carbocycles. The maximum Gasteiger partial charge on any atom is 0.232 e. The van der Waals surface area contributed by atoms with Crippen LogP contribution in [-0.2, 0) is 19.2 Å². The average molecular weight is 391 g/mol. The fraction of sp³-hybridized carbons (Fsp3) is 0.800. The van der Waals surface area contributed by atoms with Crippen molar-refractivity contribution in [1.29, 1.82) is 0 Å². The molecule has 2 heterocycles. The quantitative estimate of drug-likeness (QED) is 0.535. The Morgan fingerprint density at radius 2 is 0.963 bits per heavy atom. The van der Waals surface area contributed by atoms with Gasteiger partial charge in [-0.25, -0.2) is 0 Å². The van der Waals surface area contributed by atoms with E-state index in [-0.39, 0.29) is 47.3 Å². The second kappa shape index (κ2) is 6.26. The minimum absolute atomic E-state index is 0.00130. The molecule has 6 nitrogen and oxygen atoms in total. The third-order valence-corrected chi connectivity index (χ3v) is 13.7. The van der Waals surface area contributed by atoms with Crippen LogP contribution in [0.25, 0.3) is 0 Å². The van der Waals surface area contributed by atoms with E-state index in [9.17, 15) is 19.2 Å². The number of rotatable bonds is 2. The third-order valence-electron chi connectivity index (χ3n) is 8.40. The Balaban J connectivity index is 1.49. The number of imide groups is 2. The Hall–Kier alpha value is -1.50. The summed E-state index contributed by atoms with van der Waals surface area (Å²) in [5.74, 6) is -0.481. The second-order valence-corrected chi connectivity index (χ2v) is 15.0. The van der Waals surface area contributed by atoms with Crippen molar-refractivity contribution in [3.05, 3.63) is 0 Å². The summed E-state index contributed by atoms with van der Waals surface area (Å²) < 4.78 is 0. The predicted octanol–water partition coefficient (Wildman–Crippen LogP) is 2.26. The van der Waals surface area contributed by atoms with Gasteiger partial charge in [-0.2, -0.15) is 0 Å². The summed E-state index contributed by atoms with van der Waals surface area (Å²) in [4.78, 5) is 52.2. The monoisotopic (exact) mass is 390 g/mol. The van der Waals surface area contributed by atoms with E-state index in [0.29, 0.717) is 11.1 Å². The lowest BCUT2D eigenvalue weighted by atomic mass is 9.80. The molecule has 0 N–H and O–H groups in total. The number of carbonyl (C=O) groups excluding carboxylic acids is 4. The normalized spacial score (nSPS) is 39.9. The average Bonchev–Trinajstić information content (AvgIpc) is 3.02. The molecule has 4 fully saturated rings. The fourth-order valence-corrected chi connectivity index (χ4v) is 10.6. The lowest BCUT2D eigenvalue weighted by Gasteiger charge is -2.46. The molecule has 4 aliphatic rings. The van der Waals surface area contributed by atoms with Crippen LogP contribution >= 0.6 is 0 Å². The molecule has 4 rings (SSSR count). The molecule has 0 spiro atoms. The molecular weight excluding hydrogens is 360 g/mol. The molecule has 2 aliphatic heterocycles. The number of likely N-dealkylation sites (tertiary alicyclic amines) is 2. The number of hydrogen-bond acceptors (Lipinski definition) is 4. The van der Waals surface area contributed by atoms with E-state index in [1.54, 1.807) is 14.1 Å². The van der Waals surface area contributed by atoms with Gasteiger partial charge in [0.25, 0.3) is 0 Å². The lowest BCUT2D eigenvalue weighted by molar-refractivity contribution is -0.139. The van der Waals surface area contributed by atoms with Gasteiger partial charge in [-0.3, -0.25) is 29.0 Å². The third kappa shape index (κ3) is 2.64. The molecule has 0 bridgehead atoms. The molecule has 4 amide bonds. The highest BCUT2D eigenvalue weighted by molar-refractivity contribution is 6.80. The van der Waals surface area contributed by atoms with Crippen molar-refractivity contribution in [2.75, 3.05) is 14.1 Å². The van der Waals surface area contributed by atoms with E-state index in [1.807, 2.05) is 0 Å². The molecule has 2 saturated carbocycles. The summed E-state index contributed by atoms with van der Waals surface area (Å²) >= 11 is 0. The first-order valence-corrected chi connectivity index (χ1v) is 13.4. The smallest absolute Gasteiger partial charge is 0.232 e. The largest absolute Gasteiger partial charge is 0.285 e. The van der Waals surface area contributed by atoms with Gasteiger partial charge in [-0.15, -0.1) is 0 Å². The molecule has 7 heteroatoms. The van der Waals surface area contributed by atoms with Crippen molar-refractivity contribution in [3.8, 4) is 0 Å². The molecule has 6 atom stereocenters. The standard InChI is InChI=1S/C20H30N2O4Si/c1-21-17(23)13-7-5-11(9-15(13)19(21)25)27(3,4)12-6-8-14-16(10-12)20(26)22(2)18(14)24/h11-16H,5-10H2,1-4H3. The number of fused-ring (bicyclic) bond motifs is 2. The van der Waals surface area contributed by atoms with Gasteiger partial charge in [0.1, 0.15) is 0 Å². The summed E-state index contributed by atoms with van der Waals surface area (Å²) in [5.41, 5.74) is 1.02. The highest BCUT2D eigenvalue weighted by atomic mass is 28.3. The zero-order chi connectivity index (χ0) is 19.7. The van der Waals surface area contributed by atoms with Gasteiger partial charge < -0.3 is 0 Å². The van der Waals surface area contributed by atoms with Gasteiger partial charge in [-0.1, -0.05) is 25.9 Å². The summed E-state index contributed by atoms with van der Waals surface area (Å²) in [7, 11) is 1.49.